The van der Waals surface area contributed by atoms with E-state index in [1.54, 1.807) is 0 Å². The van der Waals surface area contributed by atoms with Gasteiger partial charge in [0.05, 0.1) is 7.11 Å². The molecule has 2 N–H and O–H groups in total. The number of carbonyl (C=O) groups excluding carboxylic acids is 2. The minimum atomic E-state index is -0.287. The number of aryl methyl sites for hydroxylation is 1. The molecule has 1 fully saturated rings. The van der Waals surface area contributed by atoms with E-state index < -0.39 is 0 Å². The van der Waals surface area contributed by atoms with Crippen LogP contribution in [0, 0.1) is 6.92 Å². The van der Waals surface area contributed by atoms with Crippen molar-refractivity contribution in [3.8, 4) is 0 Å². The van der Waals surface area contributed by atoms with Crippen LogP contribution in [0.5, 0.6) is 0 Å². The highest BCUT2D eigenvalue weighted by Gasteiger charge is 2.16. The van der Waals surface area contributed by atoms with Crippen LogP contribution in [0.4, 0.5) is 5.69 Å². The van der Waals surface area contributed by atoms with Gasteiger partial charge in [0.1, 0.15) is 6.54 Å². The second-order valence-corrected chi connectivity index (χ2v) is 5.79. The number of esters is 1. The number of hydrogen-bond acceptors (Lipinski definition) is 4. The molecule has 2 rings (SSSR count). The Kier molecular flexibility index (Phi) is 5.81. The van der Waals surface area contributed by atoms with Crippen molar-refractivity contribution in [1.29, 1.82) is 0 Å². The molecule has 0 bridgehead atoms. The van der Waals surface area contributed by atoms with Crippen molar-refractivity contribution in [2.75, 3.05) is 19.0 Å². The van der Waals surface area contributed by atoms with Crippen molar-refractivity contribution in [3.05, 3.63) is 29.3 Å². The van der Waals surface area contributed by atoms with Crippen LogP contribution in [0.2, 0.25) is 0 Å². The maximum absolute atomic E-state index is 11.6. The van der Waals surface area contributed by atoms with Gasteiger partial charge < -0.3 is 15.4 Å². The third-order valence-corrected chi connectivity index (χ3v) is 4.00. The van der Waals surface area contributed by atoms with Crippen LogP contribution in [0.1, 0.15) is 36.8 Å². The molecule has 22 heavy (non-hydrogen) atoms. The topological polar surface area (TPSA) is 67.4 Å². The summed E-state index contributed by atoms with van der Waals surface area (Å²) in [5.74, 6) is -0.125. The Morgan fingerprint density at radius 2 is 2.23 bits per heavy atom. The first-order chi connectivity index (χ1) is 10.6. The van der Waals surface area contributed by atoms with Gasteiger partial charge >= 0.3 is 5.97 Å². The van der Waals surface area contributed by atoms with E-state index in [1.807, 2.05) is 19.1 Å². The zero-order chi connectivity index (χ0) is 15.9. The lowest BCUT2D eigenvalue weighted by atomic mass is 10.00. The lowest BCUT2D eigenvalue weighted by Gasteiger charge is -2.17. The second kappa shape index (κ2) is 7.82. The second-order valence-electron chi connectivity index (χ2n) is 5.79. The summed E-state index contributed by atoms with van der Waals surface area (Å²) < 4.78 is 4.62. The lowest BCUT2D eigenvalue weighted by molar-refractivity contribution is -0.138. The van der Waals surface area contributed by atoms with Crippen molar-refractivity contribution in [1.82, 2.24) is 5.32 Å². The summed E-state index contributed by atoms with van der Waals surface area (Å²) in [6, 6.07) is 6.36. The number of nitrogens with one attached hydrogen (secondary N) is 2. The van der Waals surface area contributed by atoms with Gasteiger partial charge in [0.2, 0.25) is 5.91 Å². The summed E-state index contributed by atoms with van der Waals surface area (Å²) in [5.41, 5.74) is 3.22. The molecule has 5 nitrogen and oxygen atoms in total. The molecule has 0 aromatic heterocycles. The number of methoxy groups -OCH3 is 1. The third kappa shape index (κ3) is 4.76. The van der Waals surface area contributed by atoms with Crippen molar-refractivity contribution < 1.29 is 14.3 Å². The van der Waals surface area contributed by atoms with Gasteiger partial charge in [-0.2, -0.15) is 0 Å². The molecular weight excluding hydrogens is 280 g/mol. The number of amides is 1. The van der Waals surface area contributed by atoms with E-state index in [0.29, 0.717) is 6.42 Å². The molecule has 0 radical (unpaired) electrons. The normalized spacial score (nSPS) is 18.3. The van der Waals surface area contributed by atoms with Gasteiger partial charge in [-0.15, -0.1) is 0 Å². The molecule has 1 amide bonds. The molecule has 1 unspecified atom stereocenters. The van der Waals surface area contributed by atoms with Crippen LogP contribution in [-0.2, 0) is 20.7 Å². The van der Waals surface area contributed by atoms with Crippen molar-refractivity contribution in [2.24, 2.45) is 0 Å². The van der Waals surface area contributed by atoms with Crippen LogP contribution in [0.3, 0.4) is 0 Å². The molecule has 1 saturated heterocycles. The Balaban J connectivity index is 1.96. The SMILES string of the molecule is COC(=O)CNc1ccc(CC2CCCCC(=O)N2)cc1C. The van der Waals surface area contributed by atoms with E-state index in [2.05, 4.69) is 21.4 Å². The molecule has 5 heteroatoms. The van der Waals surface area contributed by atoms with E-state index in [9.17, 15) is 9.59 Å². The minimum Gasteiger partial charge on any atom is -0.468 e. The number of anilines is 1. The number of benzene rings is 1. The Morgan fingerprint density at radius 1 is 1.41 bits per heavy atom. The van der Waals surface area contributed by atoms with Crippen molar-refractivity contribution in [2.45, 2.75) is 45.1 Å². The highest BCUT2D eigenvalue weighted by Crippen LogP contribution is 2.19. The van der Waals surface area contributed by atoms with Gasteiger partial charge in [-0.05, 0) is 43.4 Å². The molecule has 1 aromatic rings. The van der Waals surface area contributed by atoms with Gasteiger partial charge in [-0.1, -0.05) is 18.6 Å². The summed E-state index contributed by atoms with van der Waals surface area (Å²) in [6.45, 7) is 2.17. The first-order valence-electron chi connectivity index (χ1n) is 7.78. The maximum Gasteiger partial charge on any atom is 0.325 e. The molecule has 120 valence electrons. The van der Waals surface area contributed by atoms with E-state index in [0.717, 1.165) is 36.9 Å². The monoisotopic (exact) mass is 304 g/mol. The Hall–Kier alpha value is -2.04. The van der Waals surface area contributed by atoms with Crippen molar-refractivity contribution in [3.63, 3.8) is 0 Å². The number of carbonyl (C=O) groups is 2. The highest BCUT2D eigenvalue weighted by molar-refractivity contribution is 5.76. The van der Waals surface area contributed by atoms with Gasteiger partial charge in [-0.3, -0.25) is 9.59 Å². The van der Waals surface area contributed by atoms with Crippen molar-refractivity contribution >= 4 is 17.6 Å². The summed E-state index contributed by atoms with van der Waals surface area (Å²) in [7, 11) is 1.38. The van der Waals surface area contributed by atoms with Crippen LogP contribution in [-0.4, -0.2) is 31.6 Å². The fourth-order valence-electron chi connectivity index (χ4n) is 2.78. The minimum absolute atomic E-state index is 0.162. The predicted molar refractivity (Wildman–Crippen MR) is 85.8 cm³/mol. The highest BCUT2D eigenvalue weighted by atomic mass is 16.5. The first-order valence-corrected chi connectivity index (χ1v) is 7.78. The molecule has 1 atom stereocenters. The molecule has 1 aliphatic heterocycles. The van der Waals surface area contributed by atoms with Crippen LogP contribution in [0.25, 0.3) is 0 Å². The van der Waals surface area contributed by atoms with Crippen LogP contribution in [0.15, 0.2) is 18.2 Å². The smallest absolute Gasteiger partial charge is 0.325 e. The maximum atomic E-state index is 11.6. The van der Waals surface area contributed by atoms with Gasteiger partial charge in [0.25, 0.3) is 0 Å². The summed E-state index contributed by atoms with van der Waals surface area (Å²) in [4.78, 5) is 22.8. The van der Waals surface area contributed by atoms with Gasteiger partial charge in [-0.25, -0.2) is 0 Å². The molecule has 1 aromatic carbocycles. The van der Waals surface area contributed by atoms with Crippen LogP contribution < -0.4 is 10.6 Å². The zero-order valence-corrected chi connectivity index (χ0v) is 13.3. The van der Waals surface area contributed by atoms with E-state index >= 15 is 0 Å². The van der Waals surface area contributed by atoms with Gasteiger partial charge in [0.15, 0.2) is 0 Å². The Labute approximate surface area is 131 Å². The number of hydrogen-bond donors (Lipinski definition) is 2. The lowest BCUT2D eigenvalue weighted by Crippen LogP contribution is -2.34. The number of rotatable bonds is 5. The number of ether oxygens (including phenoxy) is 1. The molecule has 0 spiro atoms. The van der Waals surface area contributed by atoms with E-state index in [1.165, 1.54) is 12.7 Å². The summed E-state index contributed by atoms with van der Waals surface area (Å²) >= 11 is 0. The fraction of sp³-hybridized carbons (Fsp3) is 0.529. The average Bonchev–Trinajstić information content (AvgIpc) is 2.70. The van der Waals surface area contributed by atoms with Crippen LogP contribution >= 0.6 is 0 Å². The molecule has 0 aliphatic carbocycles. The molecule has 0 saturated carbocycles. The summed E-state index contributed by atoms with van der Waals surface area (Å²) in [5, 5.41) is 6.16. The molecular formula is C17H24N2O3. The standard InChI is InChI=1S/C17H24N2O3/c1-12-9-13(7-8-15(12)18-11-17(21)22-2)10-14-5-3-4-6-16(20)19-14/h7-9,14,18H,3-6,10-11H2,1-2H3,(H,19,20). The fourth-order valence-corrected chi connectivity index (χ4v) is 2.78. The average molecular weight is 304 g/mol. The predicted octanol–water partition coefficient (Wildman–Crippen LogP) is 2.18. The molecule has 1 aliphatic rings. The quantitative estimate of drug-likeness (QED) is 0.818. The zero-order valence-electron chi connectivity index (χ0n) is 13.3. The summed E-state index contributed by atoms with van der Waals surface area (Å²) in [6.07, 6.45) is 4.61. The largest absolute Gasteiger partial charge is 0.468 e. The van der Waals surface area contributed by atoms with Gasteiger partial charge in [0, 0.05) is 18.2 Å². The first kappa shape index (κ1) is 16.3. The Bertz CT molecular complexity index is 543. The van der Waals surface area contributed by atoms with E-state index in [4.69, 9.17) is 0 Å². The van der Waals surface area contributed by atoms with E-state index in [-0.39, 0.29) is 24.5 Å². The Morgan fingerprint density at radius 3 is 2.95 bits per heavy atom. The molecule has 1 heterocycles. The third-order valence-electron chi connectivity index (χ3n) is 4.00.